The highest BCUT2D eigenvalue weighted by molar-refractivity contribution is 6.31. The fourth-order valence-electron chi connectivity index (χ4n) is 2.56. The number of nitrogens with zero attached hydrogens (tertiary/aromatic N) is 2. The third kappa shape index (κ3) is 4.89. The first-order valence-electron chi connectivity index (χ1n) is 8.76. The maximum atomic E-state index is 12.4. The summed E-state index contributed by atoms with van der Waals surface area (Å²) in [6.07, 6.45) is 1.71. The van der Waals surface area contributed by atoms with Gasteiger partial charge in [0.2, 0.25) is 0 Å². The largest absolute Gasteiger partial charge is 0.471 e. The van der Waals surface area contributed by atoms with Gasteiger partial charge in [-0.3, -0.25) is 4.79 Å². The molecule has 0 fully saturated rings. The monoisotopic (exact) mass is 383 g/mol. The summed E-state index contributed by atoms with van der Waals surface area (Å²) in [4.78, 5) is 12.4. The van der Waals surface area contributed by atoms with Gasteiger partial charge in [0.1, 0.15) is 5.75 Å². The van der Waals surface area contributed by atoms with Gasteiger partial charge < -0.3 is 10.1 Å². The Morgan fingerprint density at radius 2 is 1.93 bits per heavy atom. The minimum Gasteiger partial charge on any atom is -0.471 e. The van der Waals surface area contributed by atoms with Gasteiger partial charge in [-0.15, -0.1) is 0 Å². The number of hydrogen-bond acceptors (Lipinski definition) is 3. The molecule has 0 aliphatic heterocycles. The first kappa shape index (κ1) is 19.0. The van der Waals surface area contributed by atoms with E-state index in [-0.39, 0.29) is 12.6 Å². The van der Waals surface area contributed by atoms with E-state index in [1.54, 1.807) is 29.1 Å². The first-order chi connectivity index (χ1) is 12.9. The molecule has 0 radical (unpaired) electrons. The van der Waals surface area contributed by atoms with Gasteiger partial charge in [-0.05, 0) is 54.3 Å². The number of hydrogen-bond donors (Lipinski definition) is 1. The smallest absolute Gasteiger partial charge is 0.276 e. The van der Waals surface area contributed by atoms with Crippen molar-refractivity contribution in [3.05, 3.63) is 76.6 Å². The standard InChI is InChI=1S/C21H22ClN3O2/c1-14(2)16-5-8-18(9-6-16)27-13-25-11-10-19(24-25)21(26)23-20-12-17(22)7-4-15(20)3/h4-12,14H,13H2,1-3H3,(H,23,26). The van der Waals surface area contributed by atoms with Crippen LogP contribution in [0.2, 0.25) is 5.02 Å². The zero-order valence-electron chi connectivity index (χ0n) is 15.6. The molecule has 0 unspecified atom stereocenters. The van der Waals surface area contributed by atoms with Crippen molar-refractivity contribution in [3.63, 3.8) is 0 Å². The van der Waals surface area contributed by atoms with Crippen LogP contribution < -0.4 is 10.1 Å². The normalized spacial score (nSPS) is 10.9. The van der Waals surface area contributed by atoms with Crippen LogP contribution >= 0.6 is 11.6 Å². The highest BCUT2D eigenvalue weighted by Gasteiger charge is 2.12. The molecule has 1 heterocycles. The van der Waals surface area contributed by atoms with Crippen LogP contribution in [0.1, 0.15) is 41.4 Å². The Kier molecular flexibility index (Phi) is 5.81. The van der Waals surface area contributed by atoms with Crippen LogP contribution in [-0.2, 0) is 6.73 Å². The molecule has 0 saturated carbocycles. The van der Waals surface area contributed by atoms with Gasteiger partial charge in [0.15, 0.2) is 12.4 Å². The third-order valence-electron chi connectivity index (χ3n) is 4.23. The molecule has 140 valence electrons. The van der Waals surface area contributed by atoms with E-state index in [4.69, 9.17) is 16.3 Å². The van der Waals surface area contributed by atoms with Gasteiger partial charge >= 0.3 is 0 Å². The predicted molar refractivity (Wildman–Crippen MR) is 108 cm³/mol. The second kappa shape index (κ2) is 8.27. The Bertz CT molecular complexity index is 933. The Labute approximate surface area is 163 Å². The summed E-state index contributed by atoms with van der Waals surface area (Å²) in [7, 11) is 0. The lowest BCUT2D eigenvalue weighted by Gasteiger charge is -2.09. The summed E-state index contributed by atoms with van der Waals surface area (Å²) in [5.41, 5.74) is 3.17. The molecular weight excluding hydrogens is 362 g/mol. The highest BCUT2D eigenvalue weighted by Crippen LogP contribution is 2.21. The van der Waals surface area contributed by atoms with E-state index in [1.807, 2.05) is 25.1 Å². The number of aryl methyl sites for hydroxylation is 1. The van der Waals surface area contributed by atoms with Gasteiger partial charge in [0, 0.05) is 16.9 Å². The molecule has 0 aliphatic rings. The van der Waals surface area contributed by atoms with Gasteiger partial charge in [0.25, 0.3) is 5.91 Å². The zero-order chi connectivity index (χ0) is 19.4. The van der Waals surface area contributed by atoms with Crippen LogP contribution in [0.4, 0.5) is 5.69 Å². The fraction of sp³-hybridized carbons (Fsp3) is 0.238. The van der Waals surface area contributed by atoms with E-state index >= 15 is 0 Å². The average molecular weight is 384 g/mol. The molecule has 3 aromatic rings. The Morgan fingerprint density at radius 3 is 2.63 bits per heavy atom. The topological polar surface area (TPSA) is 56.2 Å². The lowest BCUT2D eigenvalue weighted by atomic mass is 10.0. The zero-order valence-corrected chi connectivity index (χ0v) is 16.3. The molecule has 1 amide bonds. The van der Waals surface area contributed by atoms with E-state index < -0.39 is 0 Å². The van der Waals surface area contributed by atoms with Gasteiger partial charge in [-0.1, -0.05) is 43.6 Å². The van der Waals surface area contributed by atoms with E-state index in [0.717, 1.165) is 11.3 Å². The van der Waals surface area contributed by atoms with Crippen molar-refractivity contribution >= 4 is 23.2 Å². The summed E-state index contributed by atoms with van der Waals surface area (Å²) < 4.78 is 7.30. The molecule has 0 atom stereocenters. The van der Waals surface area contributed by atoms with E-state index in [2.05, 4.69) is 36.4 Å². The molecule has 1 N–H and O–H groups in total. The second-order valence-electron chi connectivity index (χ2n) is 6.65. The quantitative estimate of drug-likeness (QED) is 0.631. The summed E-state index contributed by atoms with van der Waals surface area (Å²) in [5.74, 6) is 0.949. The second-order valence-corrected chi connectivity index (χ2v) is 7.09. The number of carbonyl (C=O) groups excluding carboxylic acids is 1. The number of amides is 1. The predicted octanol–water partition coefficient (Wildman–Crippen LogP) is 5.26. The van der Waals surface area contributed by atoms with Crippen LogP contribution in [0.5, 0.6) is 5.75 Å². The van der Waals surface area contributed by atoms with E-state index in [9.17, 15) is 4.79 Å². The SMILES string of the molecule is Cc1ccc(Cl)cc1NC(=O)c1ccn(COc2ccc(C(C)C)cc2)n1. The van der Waals surface area contributed by atoms with Crippen molar-refractivity contribution in [2.75, 3.05) is 5.32 Å². The summed E-state index contributed by atoms with van der Waals surface area (Å²) in [5, 5.41) is 7.66. The van der Waals surface area contributed by atoms with E-state index in [0.29, 0.717) is 22.3 Å². The Hall–Kier alpha value is -2.79. The Balaban J connectivity index is 1.60. The third-order valence-corrected chi connectivity index (χ3v) is 4.47. The van der Waals surface area contributed by atoms with E-state index in [1.165, 1.54) is 5.56 Å². The van der Waals surface area contributed by atoms with Crippen molar-refractivity contribution in [2.45, 2.75) is 33.4 Å². The number of ether oxygens (including phenoxy) is 1. The average Bonchev–Trinajstić information content (AvgIpc) is 3.12. The highest BCUT2D eigenvalue weighted by atomic mass is 35.5. The van der Waals surface area contributed by atoms with Crippen LogP contribution in [0, 0.1) is 6.92 Å². The van der Waals surface area contributed by atoms with Gasteiger partial charge in [-0.25, -0.2) is 4.68 Å². The first-order valence-corrected chi connectivity index (χ1v) is 9.14. The van der Waals surface area contributed by atoms with Crippen LogP contribution in [0.15, 0.2) is 54.7 Å². The lowest BCUT2D eigenvalue weighted by molar-refractivity contribution is 0.102. The fourth-order valence-corrected chi connectivity index (χ4v) is 2.73. The molecule has 5 nitrogen and oxygen atoms in total. The number of carbonyl (C=O) groups is 1. The van der Waals surface area contributed by atoms with Gasteiger partial charge in [-0.2, -0.15) is 5.10 Å². The lowest BCUT2D eigenvalue weighted by Crippen LogP contribution is -2.15. The number of anilines is 1. The minimum absolute atomic E-state index is 0.227. The summed E-state index contributed by atoms with van der Waals surface area (Å²) >= 11 is 5.99. The maximum absolute atomic E-state index is 12.4. The molecule has 0 bridgehead atoms. The molecule has 3 rings (SSSR count). The van der Waals surface area contributed by atoms with Crippen molar-refractivity contribution < 1.29 is 9.53 Å². The van der Waals surface area contributed by atoms with Crippen LogP contribution in [0.3, 0.4) is 0 Å². The number of halogens is 1. The maximum Gasteiger partial charge on any atom is 0.276 e. The Morgan fingerprint density at radius 1 is 1.19 bits per heavy atom. The van der Waals surface area contributed by atoms with Crippen molar-refractivity contribution in [1.82, 2.24) is 9.78 Å². The van der Waals surface area contributed by atoms with Crippen molar-refractivity contribution in [2.24, 2.45) is 0 Å². The van der Waals surface area contributed by atoms with Crippen molar-refractivity contribution in [3.8, 4) is 5.75 Å². The van der Waals surface area contributed by atoms with Crippen LogP contribution in [-0.4, -0.2) is 15.7 Å². The minimum atomic E-state index is -0.291. The summed E-state index contributed by atoms with van der Waals surface area (Å²) in [6.45, 7) is 6.43. The number of aromatic nitrogens is 2. The number of nitrogens with one attached hydrogen (secondary N) is 1. The van der Waals surface area contributed by atoms with Crippen molar-refractivity contribution in [1.29, 1.82) is 0 Å². The molecular formula is C21H22ClN3O2. The van der Waals surface area contributed by atoms with Crippen LogP contribution in [0.25, 0.3) is 0 Å². The molecule has 1 aromatic heterocycles. The number of rotatable bonds is 6. The molecule has 27 heavy (non-hydrogen) atoms. The molecule has 0 saturated heterocycles. The van der Waals surface area contributed by atoms with Gasteiger partial charge in [0.05, 0.1) is 0 Å². The molecule has 0 spiro atoms. The summed E-state index contributed by atoms with van der Waals surface area (Å²) in [6, 6.07) is 15.0. The number of benzene rings is 2. The molecule has 6 heteroatoms. The molecule has 2 aromatic carbocycles. The molecule has 0 aliphatic carbocycles.